The summed E-state index contributed by atoms with van der Waals surface area (Å²) in [5.74, 6) is 2.79. The molecule has 4 heteroatoms. The first kappa shape index (κ1) is 15.5. The van der Waals surface area contributed by atoms with E-state index in [0.717, 1.165) is 31.8 Å². The highest BCUT2D eigenvalue weighted by atomic mass is 15.3. The minimum Gasteiger partial charge on any atom is -0.314 e. The zero-order valence-electron chi connectivity index (χ0n) is 13.3. The van der Waals surface area contributed by atoms with Gasteiger partial charge in [0.2, 0.25) is 0 Å². The van der Waals surface area contributed by atoms with Crippen molar-refractivity contribution in [2.24, 2.45) is 11.8 Å². The van der Waals surface area contributed by atoms with Crippen LogP contribution < -0.4 is 5.32 Å². The number of nitrogens with one attached hydrogen (secondary N) is 1. The second kappa shape index (κ2) is 7.77. The molecule has 1 aliphatic carbocycles. The number of aromatic nitrogens is 3. The van der Waals surface area contributed by atoms with Gasteiger partial charge in [0, 0.05) is 19.0 Å². The molecule has 3 unspecified atom stereocenters. The van der Waals surface area contributed by atoms with E-state index in [0.29, 0.717) is 12.0 Å². The van der Waals surface area contributed by atoms with Crippen LogP contribution in [-0.4, -0.2) is 27.4 Å². The van der Waals surface area contributed by atoms with Crippen LogP contribution in [0.25, 0.3) is 0 Å². The highest BCUT2D eigenvalue weighted by molar-refractivity contribution is 4.94. The summed E-state index contributed by atoms with van der Waals surface area (Å²) in [7, 11) is 0. The normalized spacial score (nSPS) is 26.9. The molecule has 0 aromatic carbocycles. The van der Waals surface area contributed by atoms with E-state index in [4.69, 9.17) is 0 Å². The van der Waals surface area contributed by atoms with Gasteiger partial charge in [-0.15, -0.1) is 0 Å². The summed E-state index contributed by atoms with van der Waals surface area (Å²) in [5, 5.41) is 8.05. The van der Waals surface area contributed by atoms with Crippen LogP contribution in [0.5, 0.6) is 0 Å². The Morgan fingerprint density at radius 2 is 2.15 bits per heavy atom. The highest BCUT2D eigenvalue weighted by Crippen LogP contribution is 2.33. The molecule has 0 amide bonds. The Balaban J connectivity index is 2.03. The molecule has 3 atom stereocenters. The van der Waals surface area contributed by atoms with E-state index in [2.05, 4.69) is 40.9 Å². The lowest BCUT2D eigenvalue weighted by Gasteiger charge is -2.36. The van der Waals surface area contributed by atoms with E-state index in [9.17, 15) is 0 Å². The molecule has 1 saturated carbocycles. The van der Waals surface area contributed by atoms with Gasteiger partial charge in [-0.05, 0) is 44.1 Å². The van der Waals surface area contributed by atoms with Crippen LogP contribution in [-0.2, 0) is 13.0 Å². The van der Waals surface area contributed by atoms with Crippen molar-refractivity contribution in [1.29, 1.82) is 0 Å². The standard InChI is InChI=1S/C16H30N4/c1-4-9-20-16(18-12-19-20)11-14-10-13(5-2)7-8-15(14)17-6-3/h12-15,17H,4-11H2,1-3H3. The molecule has 1 aliphatic rings. The van der Waals surface area contributed by atoms with Crippen molar-refractivity contribution in [1.82, 2.24) is 20.1 Å². The van der Waals surface area contributed by atoms with Crippen LogP contribution in [0.4, 0.5) is 0 Å². The fraction of sp³-hybridized carbons (Fsp3) is 0.875. The third-order valence-corrected chi connectivity index (χ3v) is 4.71. The molecule has 0 aliphatic heterocycles. The molecule has 1 aromatic rings. The van der Waals surface area contributed by atoms with Crippen molar-refractivity contribution in [3.8, 4) is 0 Å². The maximum atomic E-state index is 4.50. The van der Waals surface area contributed by atoms with Crippen molar-refractivity contribution in [2.75, 3.05) is 6.54 Å². The molecule has 0 saturated heterocycles. The van der Waals surface area contributed by atoms with Gasteiger partial charge in [-0.25, -0.2) is 4.98 Å². The Hall–Kier alpha value is -0.900. The molecule has 1 heterocycles. The largest absolute Gasteiger partial charge is 0.314 e. The minimum absolute atomic E-state index is 0.662. The molecule has 1 N–H and O–H groups in total. The second-order valence-corrected chi connectivity index (χ2v) is 6.12. The number of rotatable bonds is 7. The summed E-state index contributed by atoms with van der Waals surface area (Å²) in [5.41, 5.74) is 0. The SMILES string of the molecule is CCCn1ncnc1CC1CC(CC)CCC1NCC. The van der Waals surface area contributed by atoms with Crippen LogP contribution in [0.1, 0.15) is 58.7 Å². The van der Waals surface area contributed by atoms with Gasteiger partial charge in [0.05, 0.1) is 0 Å². The summed E-state index contributed by atoms with van der Waals surface area (Å²) in [6.07, 6.45) is 9.27. The van der Waals surface area contributed by atoms with E-state index < -0.39 is 0 Å². The molecule has 1 fully saturated rings. The lowest BCUT2D eigenvalue weighted by molar-refractivity contribution is 0.196. The zero-order chi connectivity index (χ0) is 14.4. The molecular formula is C16H30N4. The average molecular weight is 278 g/mol. The summed E-state index contributed by atoms with van der Waals surface area (Å²) < 4.78 is 2.10. The third kappa shape index (κ3) is 3.81. The molecule has 2 rings (SSSR count). The van der Waals surface area contributed by atoms with Crippen molar-refractivity contribution < 1.29 is 0 Å². The van der Waals surface area contributed by atoms with Crippen LogP contribution >= 0.6 is 0 Å². The van der Waals surface area contributed by atoms with E-state index in [-0.39, 0.29) is 0 Å². The molecule has 20 heavy (non-hydrogen) atoms. The number of hydrogen-bond acceptors (Lipinski definition) is 3. The first-order valence-corrected chi connectivity index (χ1v) is 8.38. The predicted molar refractivity (Wildman–Crippen MR) is 82.6 cm³/mol. The maximum absolute atomic E-state index is 4.50. The number of nitrogens with zero attached hydrogens (tertiary/aromatic N) is 3. The van der Waals surface area contributed by atoms with Gasteiger partial charge >= 0.3 is 0 Å². The molecular weight excluding hydrogens is 248 g/mol. The van der Waals surface area contributed by atoms with E-state index in [1.165, 1.54) is 31.5 Å². The lowest BCUT2D eigenvalue weighted by atomic mass is 9.75. The number of hydrogen-bond donors (Lipinski definition) is 1. The van der Waals surface area contributed by atoms with Gasteiger partial charge in [-0.3, -0.25) is 4.68 Å². The Morgan fingerprint density at radius 1 is 1.30 bits per heavy atom. The van der Waals surface area contributed by atoms with E-state index in [1.807, 2.05) is 0 Å². The highest BCUT2D eigenvalue weighted by Gasteiger charge is 2.30. The van der Waals surface area contributed by atoms with E-state index >= 15 is 0 Å². The Bertz CT molecular complexity index is 388. The van der Waals surface area contributed by atoms with Gasteiger partial charge in [0.1, 0.15) is 12.2 Å². The summed E-state index contributed by atoms with van der Waals surface area (Å²) >= 11 is 0. The van der Waals surface area contributed by atoms with Crippen molar-refractivity contribution in [2.45, 2.75) is 71.9 Å². The smallest absolute Gasteiger partial charge is 0.138 e. The minimum atomic E-state index is 0.662. The molecule has 114 valence electrons. The maximum Gasteiger partial charge on any atom is 0.138 e. The molecule has 0 bridgehead atoms. The first-order valence-electron chi connectivity index (χ1n) is 8.38. The quantitative estimate of drug-likeness (QED) is 0.833. The molecule has 0 radical (unpaired) electrons. The van der Waals surface area contributed by atoms with Gasteiger partial charge in [0.15, 0.2) is 0 Å². The van der Waals surface area contributed by atoms with Crippen LogP contribution in [0.15, 0.2) is 6.33 Å². The Morgan fingerprint density at radius 3 is 2.85 bits per heavy atom. The monoisotopic (exact) mass is 278 g/mol. The van der Waals surface area contributed by atoms with Crippen molar-refractivity contribution in [3.05, 3.63) is 12.2 Å². The van der Waals surface area contributed by atoms with Crippen molar-refractivity contribution >= 4 is 0 Å². The fourth-order valence-electron chi connectivity index (χ4n) is 3.57. The Labute approximate surface area is 123 Å². The van der Waals surface area contributed by atoms with E-state index in [1.54, 1.807) is 6.33 Å². The third-order valence-electron chi connectivity index (χ3n) is 4.71. The fourth-order valence-corrected chi connectivity index (χ4v) is 3.57. The summed E-state index contributed by atoms with van der Waals surface area (Å²) in [4.78, 5) is 4.50. The molecule has 1 aromatic heterocycles. The average Bonchev–Trinajstić information content (AvgIpc) is 2.89. The first-order chi connectivity index (χ1) is 9.78. The topological polar surface area (TPSA) is 42.7 Å². The summed E-state index contributed by atoms with van der Waals surface area (Å²) in [6, 6.07) is 0.662. The van der Waals surface area contributed by atoms with Crippen LogP contribution in [0.3, 0.4) is 0 Å². The van der Waals surface area contributed by atoms with Gasteiger partial charge in [-0.1, -0.05) is 27.2 Å². The van der Waals surface area contributed by atoms with Gasteiger partial charge < -0.3 is 5.32 Å². The number of aryl methyl sites for hydroxylation is 1. The van der Waals surface area contributed by atoms with Gasteiger partial charge in [0.25, 0.3) is 0 Å². The van der Waals surface area contributed by atoms with Gasteiger partial charge in [-0.2, -0.15) is 5.10 Å². The predicted octanol–water partition coefficient (Wildman–Crippen LogP) is 3.04. The molecule has 0 spiro atoms. The van der Waals surface area contributed by atoms with Crippen molar-refractivity contribution in [3.63, 3.8) is 0 Å². The van der Waals surface area contributed by atoms with Crippen LogP contribution in [0.2, 0.25) is 0 Å². The summed E-state index contributed by atoms with van der Waals surface area (Å²) in [6.45, 7) is 8.79. The Kier molecular flexibility index (Phi) is 6.02. The molecule has 4 nitrogen and oxygen atoms in total. The van der Waals surface area contributed by atoms with Crippen LogP contribution in [0, 0.1) is 11.8 Å². The second-order valence-electron chi connectivity index (χ2n) is 6.12. The zero-order valence-corrected chi connectivity index (χ0v) is 13.3. The lowest BCUT2D eigenvalue weighted by Crippen LogP contribution is -2.41.